The summed E-state index contributed by atoms with van der Waals surface area (Å²) in [6.45, 7) is 2.37. The highest BCUT2D eigenvalue weighted by Gasteiger charge is 2.43. The van der Waals surface area contributed by atoms with E-state index in [1.165, 1.54) is 49.2 Å². The summed E-state index contributed by atoms with van der Waals surface area (Å²) >= 11 is 1.97. The summed E-state index contributed by atoms with van der Waals surface area (Å²) in [6.07, 6.45) is 7.73. The first-order valence-corrected chi connectivity index (χ1v) is 7.26. The van der Waals surface area contributed by atoms with Crippen molar-refractivity contribution in [1.29, 1.82) is 0 Å². The van der Waals surface area contributed by atoms with Crippen LogP contribution in [0.25, 0.3) is 0 Å². The van der Waals surface area contributed by atoms with Crippen LogP contribution in [0.2, 0.25) is 0 Å². The van der Waals surface area contributed by atoms with Crippen molar-refractivity contribution in [1.82, 2.24) is 10.3 Å². The normalized spacial score (nSPS) is 33.2. The van der Waals surface area contributed by atoms with Gasteiger partial charge in [0.1, 0.15) is 5.01 Å². The number of rotatable bonds is 2. The van der Waals surface area contributed by atoms with Crippen molar-refractivity contribution < 1.29 is 0 Å². The Morgan fingerprint density at radius 2 is 2.25 bits per heavy atom. The van der Waals surface area contributed by atoms with Crippen LogP contribution in [0.4, 0.5) is 0 Å². The molecule has 0 spiro atoms. The Morgan fingerprint density at radius 1 is 1.38 bits per heavy atom. The average molecular weight is 236 g/mol. The Balaban J connectivity index is 2.00. The molecule has 1 heterocycles. The van der Waals surface area contributed by atoms with Gasteiger partial charge in [-0.3, -0.25) is 0 Å². The Bertz CT molecular complexity index is 377. The maximum absolute atomic E-state index is 4.92. The smallest absolute Gasteiger partial charge is 0.114 e. The molecule has 0 radical (unpaired) electrons. The second-order valence-corrected chi connectivity index (χ2v) is 6.34. The molecule has 3 rings (SSSR count). The first kappa shape index (κ1) is 10.7. The van der Waals surface area contributed by atoms with Gasteiger partial charge < -0.3 is 5.32 Å². The summed E-state index contributed by atoms with van der Waals surface area (Å²) in [4.78, 5) is 6.48. The third kappa shape index (κ3) is 1.37. The zero-order chi connectivity index (χ0) is 11.2. The molecular formula is C13H20N2S. The number of aromatic nitrogens is 1. The zero-order valence-electron chi connectivity index (χ0n) is 10.2. The van der Waals surface area contributed by atoms with Gasteiger partial charge in [-0.05, 0) is 45.1 Å². The molecule has 0 amide bonds. The van der Waals surface area contributed by atoms with Gasteiger partial charge in [-0.25, -0.2) is 4.98 Å². The largest absolute Gasteiger partial charge is 0.308 e. The minimum absolute atomic E-state index is 0.189. The maximum atomic E-state index is 4.92. The lowest BCUT2D eigenvalue weighted by Crippen LogP contribution is -2.42. The number of hydrogen-bond donors (Lipinski definition) is 1. The van der Waals surface area contributed by atoms with Crippen LogP contribution in [0.5, 0.6) is 0 Å². The SMILES string of the molecule is CNC1(c2nc3c(s2)CCC3)CCCC1C. The monoisotopic (exact) mass is 236 g/mol. The molecule has 2 unspecified atom stereocenters. The van der Waals surface area contributed by atoms with Crippen molar-refractivity contribution >= 4 is 11.3 Å². The van der Waals surface area contributed by atoms with Crippen LogP contribution >= 0.6 is 11.3 Å². The van der Waals surface area contributed by atoms with Crippen molar-refractivity contribution in [2.24, 2.45) is 5.92 Å². The lowest BCUT2D eigenvalue weighted by atomic mass is 9.89. The number of hydrogen-bond acceptors (Lipinski definition) is 3. The summed E-state index contributed by atoms with van der Waals surface area (Å²) in [6, 6.07) is 0. The third-order valence-electron chi connectivity index (χ3n) is 4.47. The highest BCUT2D eigenvalue weighted by molar-refractivity contribution is 7.12. The number of thiazole rings is 1. The van der Waals surface area contributed by atoms with Gasteiger partial charge in [0.25, 0.3) is 0 Å². The van der Waals surface area contributed by atoms with Crippen LogP contribution in [0, 0.1) is 5.92 Å². The first-order valence-electron chi connectivity index (χ1n) is 6.44. The van der Waals surface area contributed by atoms with Gasteiger partial charge in [-0.2, -0.15) is 0 Å². The number of fused-ring (bicyclic) bond motifs is 1. The summed E-state index contributed by atoms with van der Waals surface area (Å²) in [7, 11) is 2.11. The van der Waals surface area contributed by atoms with Gasteiger partial charge >= 0.3 is 0 Å². The summed E-state index contributed by atoms with van der Waals surface area (Å²) in [5.41, 5.74) is 1.59. The van der Waals surface area contributed by atoms with E-state index in [4.69, 9.17) is 4.98 Å². The fourth-order valence-corrected chi connectivity index (χ4v) is 4.85. The molecule has 1 aromatic heterocycles. The molecule has 0 aliphatic heterocycles. The third-order valence-corrected chi connectivity index (χ3v) is 5.81. The summed E-state index contributed by atoms with van der Waals surface area (Å²) in [5.74, 6) is 0.726. The quantitative estimate of drug-likeness (QED) is 0.854. The standard InChI is InChI=1S/C13H20N2S/c1-9-5-4-8-13(9,14-2)12-15-10-6-3-7-11(10)16-12/h9,14H,3-8H2,1-2H3. The Hall–Kier alpha value is -0.410. The number of nitrogens with one attached hydrogen (secondary N) is 1. The first-order chi connectivity index (χ1) is 7.76. The topological polar surface area (TPSA) is 24.9 Å². The van der Waals surface area contributed by atoms with Gasteiger partial charge in [0.2, 0.25) is 0 Å². The lowest BCUT2D eigenvalue weighted by molar-refractivity contribution is 0.282. The van der Waals surface area contributed by atoms with E-state index in [2.05, 4.69) is 19.3 Å². The molecule has 2 aliphatic rings. The highest BCUT2D eigenvalue weighted by Crippen LogP contribution is 2.45. The van der Waals surface area contributed by atoms with Crippen molar-refractivity contribution in [2.75, 3.05) is 7.05 Å². The molecule has 0 saturated heterocycles. The predicted octanol–water partition coefficient (Wildman–Crippen LogP) is 2.87. The molecule has 0 aromatic carbocycles. The summed E-state index contributed by atoms with van der Waals surface area (Å²) < 4.78 is 0. The Labute approximate surface area is 101 Å². The second kappa shape index (κ2) is 3.81. The van der Waals surface area contributed by atoms with Crippen molar-refractivity contribution in [2.45, 2.75) is 51.0 Å². The van der Waals surface area contributed by atoms with Gasteiger partial charge in [0.15, 0.2) is 0 Å². The number of aryl methyl sites for hydroxylation is 2. The number of nitrogens with zero attached hydrogens (tertiary/aromatic N) is 1. The van der Waals surface area contributed by atoms with E-state index in [1.807, 2.05) is 11.3 Å². The van der Waals surface area contributed by atoms with Crippen LogP contribution in [-0.2, 0) is 18.4 Å². The van der Waals surface area contributed by atoms with Crippen molar-refractivity contribution in [3.63, 3.8) is 0 Å². The molecule has 0 bridgehead atoms. The molecule has 2 aliphatic carbocycles. The van der Waals surface area contributed by atoms with E-state index < -0.39 is 0 Å². The average Bonchev–Trinajstić information content (AvgIpc) is 2.90. The molecule has 16 heavy (non-hydrogen) atoms. The second-order valence-electron chi connectivity index (χ2n) is 5.26. The summed E-state index contributed by atoms with van der Waals surface area (Å²) in [5, 5.41) is 4.95. The fourth-order valence-electron chi connectivity index (χ4n) is 3.36. The van der Waals surface area contributed by atoms with Crippen molar-refractivity contribution in [3.05, 3.63) is 15.6 Å². The van der Waals surface area contributed by atoms with E-state index in [0.717, 1.165) is 5.92 Å². The van der Waals surface area contributed by atoms with E-state index in [9.17, 15) is 0 Å². The molecule has 2 atom stereocenters. The minimum Gasteiger partial charge on any atom is -0.308 e. The molecule has 88 valence electrons. The molecule has 2 nitrogen and oxygen atoms in total. The molecule has 1 N–H and O–H groups in total. The van der Waals surface area contributed by atoms with E-state index in [-0.39, 0.29) is 5.54 Å². The van der Waals surface area contributed by atoms with Crippen LogP contribution in [0.15, 0.2) is 0 Å². The Morgan fingerprint density at radius 3 is 2.88 bits per heavy atom. The molecule has 1 aromatic rings. The lowest BCUT2D eigenvalue weighted by Gasteiger charge is -2.31. The predicted molar refractivity (Wildman–Crippen MR) is 67.9 cm³/mol. The van der Waals surface area contributed by atoms with E-state index in [0.29, 0.717) is 0 Å². The van der Waals surface area contributed by atoms with Gasteiger partial charge in [-0.15, -0.1) is 11.3 Å². The molecular weight excluding hydrogens is 216 g/mol. The van der Waals surface area contributed by atoms with Gasteiger partial charge in [0, 0.05) is 4.88 Å². The fraction of sp³-hybridized carbons (Fsp3) is 0.769. The van der Waals surface area contributed by atoms with Gasteiger partial charge in [0.05, 0.1) is 11.2 Å². The van der Waals surface area contributed by atoms with Crippen LogP contribution in [0.3, 0.4) is 0 Å². The van der Waals surface area contributed by atoms with Gasteiger partial charge in [-0.1, -0.05) is 13.3 Å². The van der Waals surface area contributed by atoms with Crippen LogP contribution in [-0.4, -0.2) is 12.0 Å². The molecule has 1 fully saturated rings. The van der Waals surface area contributed by atoms with Crippen molar-refractivity contribution in [3.8, 4) is 0 Å². The zero-order valence-corrected chi connectivity index (χ0v) is 11.0. The maximum Gasteiger partial charge on any atom is 0.114 e. The highest BCUT2D eigenvalue weighted by atomic mass is 32.1. The van der Waals surface area contributed by atoms with E-state index >= 15 is 0 Å². The Kier molecular flexibility index (Phi) is 2.55. The van der Waals surface area contributed by atoms with Crippen LogP contribution < -0.4 is 5.32 Å². The molecule has 1 saturated carbocycles. The molecule has 3 heteroatoms. The van der Waals surface area contributed by atoms with Crippen LogP contribution in [0.1, 0.15) is 48.2 Å². The minimum atomic E-state index is 0.189. The van der Waals surface area contributed by atoms with E-state index in [1.54, 1.807) is 4.88 Å².